The van der Waals surface area contributed by atoms with E-state index in [4.69, 9.17) is 30.8 Å². The first kappa shape index (κ1) is 30.5. The molecule has 0 amide bonds. The third-order valence-electron chi connectivity index (χ3n) is 10.2. The molecule has 3 fully saturated rings. The summed E-state index contributed by atoms with van der Waals surface area (Å²) in [5, 5.41) is 8.55. The lowest BCUT2D eigenvalue weighted by Gasteiger charge is -2.33. The van der Waals surface area contributed by atoms with Crippen LogP contribution >= 0.6 is 11.6 Å². The fourth-order valence-electron chi connectivity index (χ4n) is 8.03. The molecule has 6 bridgehead atoms. The van der Waals surface area contributed by atoms with E-state index in [1.54, 1.807) is 18.5 Å². The average Bonchev–Trinajstić information content (AvgIpc) is 3.69. The SMILES string of the molecule is C[C@@]12CCCCN(C1)c1nc(OC[C@@]34CCCN3C[C@H](F)C4)nc3c(F)c(ncc13)-c1c(c(Cl)cc3[nH]ncc13)CCCOC(=O)O2. The molecule has 3 atom stereocenters. The number of aromatic nitrogens is 5. The van der Waals surface area contributed by atoms with Gasteiger partial charge in [-0.3, -0.25) is 15.0 Å². The minimum Gasteiger partial charge on any atom is -0.461 e. The third-order valence-corrected chi connectivity index (χ3v) is 10.6. The Morgan fingerprint density at radius 2 is 2.04 bits per heavy atom. The second-order valence-electron chi connectivity index (χ2n) is 13.6. The second-order valence-corrected chi connectivity index (χ2v) is 14.0. The van der Waals surface area contributed by atoms with E-state index in [0.29, 0.717) is 83.6 Å². The normalized spacial score (nSPS) is 26.8. The van der Waals surface area contributed by atoms with Gasteiger partial charge in [0, 0.05) is 41.7 Å². The molecule has 8 heterocycles. The van der Waals surface area contributed by atoms with E-state index < -0.39 is 29.3 Å². The summed E-state index contributed by atoms with van der Waals surface area (Å²) in [4.78, 5) is 31.2. The highest BCUT2D eigenvalue weighted by Gasteiger charge is 2.49. The van der Waals surface area contributed by atoms with Gasteiger partial charge in [-0.15, -0.1) is 0 Å². The van der Waals surface area contributed by atoms with Gasteiger partial charge in [0.1, 0.15) is 35.4 Å². The molecule has 0 unspecified atom stereocenters. The summed E-state index contributed by atoms with van der Waals surface area (Å²) in [5.41, 5.74) is 0.553. The third kappa shape index (κ3) is 5.41. The van der Waals surface area contributed by atoms with Crippen molar-refractivity contribution in [3.05, 3.63) is 34.9 Å². The van der Waals surface area contributed by atoms with Gasteiger partial charge in [0.25, 0.3) is 0 Å². The van der Waals surface area contributed by atoms with Crippen LogP contribution in [0.5, 0.6) is 6.01 Å². The van der Waals surface area contributed by atoms with Crippen molar-refractivity contribution in [2.24, 2.45) is 0 Å². The van der Waals surface area contributed by atoms with Crippen LogP contribution in [0.4, 0.5) is 19.4 Å². The van der Waals surface area contributed by atoms with Crippen LogP contribution in [0.25, 0.3) is 33.1 Å². The predicted molar refractivity (Wildman–Crippen MR) is 171 cm³/mol. The Balaban J connectivity index is 1.31. The smallest absolute Gasteiger partial charge is 0.461 e. The summed E-state index contributed by atoms with van der Waals surface area (Å²) in [6, 6.07) is 1.75. The van der Waals surface area contributed by atoms with Crippen molar-refractivity contribution in [1.29, 1.82) is 0 Å². The van der Waals surface area contributed by atoms with Crippen molar-refractivity contribution in [2.45, 2.75) is 75.6 Å². The standard InChI is InChI=1S/C33H36ClF2N7O4/c1-32-7-2-3-9-42(17-32)29-22-14-37-28(25-20(6-4-11-45-31(44)47-32)23(34)12-24-21(25)15-38-41-24)26(36)27(22)39-30(40-29)46-18-33-8-5-10-43(33)16-19(35)13-33/h12,14-15,19H,2-11,13,16-18H2,1H3,(H,38,41)/t19-,32-,33+/m1/s1. The molecular formula is C33H36ClF2N7O4. The van der Waals surface area contributed by atoms with Crippen LogP contribution in [0.2, 0.25) is 5.02 Å². The number of nitrogens with zero attached hydrogens (tertiary/aromatic N) is 6. The van der Waals surface area contributed by atoms with Crippen molar-refractivity contribution in [3.63, 3.8) is 0 Å². The van der Waals surface area contributed by atoms with Crippen molar-refractivity contribution in [2.75, 3.05) is 44.3 Å². The Morgan fingerprint density at radius 3 is 2.94 bits per heavy atom. The lowest BCUT2D eigenvalue weighted by atomic mass is 9.95. The molecule has 47 heavy (non-hydrogen) atoms. The number of halogens is 3. The fourth-order valence-corrected chi connectivity index (χ4v) is 8.33. The first-order valence-electron chi connectivity index (χ1n) is 16.4. The lowest BCUT2D eigenvalue weighted by Crippen LogP contribution is -2.44. The Labute approximate surface area is 274 Å². The number of aromatic amines is 1. The van der Waals surface area contributed by atoms with Gasteiger partial charge in [-0.2, -0.15) is 15.1 Å². The molecular weight excluding hydrogens is 632 g/mol. The summed E-state index contributed by atoms with van der Waals surface area (Å²) >= 11 is 6.78. The van der Waals surface area contributed by atoms with Gasteiger partial charge in [-0.05, 0) is 70.0 Å². The highest BCUT2D eigenvalue weighted by molar-refractivity contribution is 6.33. The van der Waals surface area contributed by atoms with E-state index in [0.717, 1.165) is 32.2 Å². The Kier molecular flexibility index (Phi) is 7.58. The molecule has 0 spiro atoms. The Morgan fingerprint density at radius 1 is 1.15 bits per heavy atom. The number of H-pyrrole nitrogens is 1. The van der Waals surface area contributed by atoms with E-state index in [9.17, 15) is 9.18 Å². The van der Waals surface area contributed by atoms with Gasteiger partial charge in [-0.1, -0.05) is 11.6 Å². The summed E-state index contributed by atoms with van der Waals surface area (Å²) < 4.78 is 49.3. The topological polar surface area (TPSA) is 119 Å². The van der Waals surface area contributed by atoms with Crippen LogP contribution in [-0.2, 0) is 15.9 Å². The summed E-state index contributed by atoms with van der Waals surface area (Å²) in [5.74, 6) is -0.213. The lowest BCUT2D eigenvalue weighted by molar-refractivity contribution is -0.0250. The van der Waals surface area contributed by atoms with Gasteiger partial charge in [0.05, 0.1) is 35.8 Å². The van der Waals surface area contributed by atoms with Gasteiger partial charge in [0.2, 0.25) is 0 Å². The molecule has 3 aromatic heterocycles. The van der Waals surface area contributed by atoms with Crippen molar-refractivity contribution < 1.29 is 27.8 Å². The molecule has 3 saturated heterocycles. The van der Waals surface area contributed by atoms with Crippen LogP contribution in [0.15, 0.2) is 18.5 Å². The van der Waals surface area contributed by atoms with Crippen molar-refractivity contribution in [1.82, 2.24) is 30.0 Å². The van der Waals surface area contributed by atoms with Crippen molar-refractivity contribution in [3.8, 4) is 17.3 Å². The van der Waals surface area contributed by atoms with Gasteiger partial charge < -0.3 is 19.1 Å². The van der Waals surface area contributed by atoms with Gasteiger partial charge in [0.15, 0.2) is 5.82 Å². The molecule has 14 heteroatoms. The van der Waals surface area contributed by atoms with E-state index in [1.807, 2.05) is 11.8 Å². The van der Waals surface area contributed by atoms with Crippen LogP contribution < -0.4 is 9.64 Å². The second kappa shape index (κ2) is 11.7. The fraction of sp³-hybridized carbons (Fsp3) is 0.545. The summed E-state index contributed by atoms with van der Waals surface area (Å²) in [7, 11) is 0. The molecule has 1 aromatic carbocycles. The number of benzene rings is 1. The maximum atomic E-state index is 17.1. The molecule has 248 valence electrons. The van der Waals surface area contributed by atoms with Crippen LogP contribution in [-0.4, -0.2) is 92.9 Å². The first-order chi connectivity index (χ1) is 22.7. The average molecular weight is 668 g/mol. The number of anilines is 1. The number of hydrogen-bond donors (Lipinski definition) is 1. The largest absolute Gasteiger partial charge is 0.508 e. The Hall–Kier alpha value is -3.84. The Bertz CT molecular complexity index is 1880. The van der Waals surface area contributed by atoms with E-state index >= 15 is 4.39 Å². The molecule has 4 aromatic rings. The number of fused-ring (bicyclic) bond motifs is 8. The minimum absolute atomic E-state index is 0.000691. The van der Waals surface area contributed by atoms with Gasteiger partial charge >= 0.3 is 12.2 Å². The number of ether oxygens (including phenoxy) is 3. The van der Waals surface area contributed by atoms with Gasteiger partial charge in [-0.25, -0.2) is 13.6 Å². The number of hydrogen-bond acceptors (Lipinski definition) is 10. The number of rotatable bonds is 3. The summed E-state index contributed by atoms with van der Waals surface area (Å²) in [6.45, 7) is 4.24. The maximum absolute atomic E-state index is 17.1. The highest BCUT2D eigenvalue weighted by Crippen LogP contribution is 2.42. The predicted octanol–water partition coefficient (Wildman–Crippen LogP) is 6.16. The maximum Gasteiger partial charge on any atom is 0.508 e. The molecule has 9 rings (SSSR count). The quantitative estimate of drug-likeness (QED) is 0.254. The number of carbonyl (C=O) groups excluding carboxylic acids is 1. The van der Waals surface area contributed by atoms with Crippen molar-refractivity contribution >= 4 is 45.4 Å². The summed E-state index contributed by atoms with van der Waals surface area (Å²) in [6.07, 6.45) is 6.73. The number of pyridine rings is 1. The highest BCUT2D eigenvalue weighted by atomic mass is 35.5. The molecule has 0 aliphatic carbocycles. The molecule has 0 radical (unpaired) electrons. The molecule has 1 N–H and O–H groups in total. The molecule has 11 nitrogen and oxygen atoms in total. The van der Waals surface area contributed by atoms with Crippen LogP contribution in [0.3, 0.4) is 0 Å². The zero-order valence-corrected chi connectivity index (χ0v) is 26.9. The first-order valence-corrected chi connectivity index (χ1v) is 16.7. The van der Waals surface area contributed by atoms with E-state index in [-0.39, 0.29) is 30.4 Å². The van der Waals surface area contributed by atoms with Crippen LogP contribution in [0.1, 0.15) is 57.4 Å². The minimum atomic E-state index is -0.919. The molecule has 5 aliphatic heterocycles. The molecule has 0 saturated carbocycles. The van der Waals surface area contributed by atoms with E-state index in [2.05, 4.69) is 25.1 Å². The number of alkyl halides is 1. The van der Waals surface area contributed by atoms with Crippen LogP contribution in [0, 0.1) is 5.82 Å². The monoisotopic (exact) mass is 667 g/mol. The zero-order chi connectivity index (χ0) is 32.3. The number of carbonyl (C=O) groups is 1. The number of nitrogens with one attached hydrogen (secondary N) is 1. The zero-order valence-electron chi connectivity index (χ0n) is 26.2. The molecule has 5 aliphatic rings. The van der Waals surface area contributed by atoms with E-state index in [1.165, 1.54) is 0 Å².